The third-order valence-corrected chi connectivity index (χ3v) is 3.21. The van der Waals surface area contributed by atoms with E-state index < -0.39 is 0 Å². The predicted octanol–water partition coefficient (Wildman–Crippen LogP) is 1.80. The highest BCUT2D eigenvalue weighted by atomic mass is 32.1. The zero-order valence-corrected chi connectivity index (χ0v) is 9.90. The van der Waals surface area contributed by atoms with Gasteiger partial charge in [-0.2, -0.15) is 11.3 Å². The number of hydrogen-bond donors (Lipinski definition) is 2. The van der Waals surface area contributed by atoms with Crippen molar-refractivity contribution in [2.45, 2.75) is 32.7 Å². The summed E-state index contributed by atoms with van der Waals surface area (Å²) in [6, 6.07) is 0. The van der Waals surface area contributed by atoms with Crippen molar-refractivity contribution in [3.63, 3.8) is 0 Å². The minimum Gasteiger partial charge on any atom is -0.352 e. The van der Waals surface area contributed by atoms with Crippen LogP contribution in [-0.4, -0.2) is 12.5 Å². The third kappa shape index (κ3) is 4.44. The first-order valence-electron chi connectivity index (χ1n) is 5.22. The maximum atomic E-state index is 11.4. The van der Waals surface area contributed by atoms with E-state index in [4.69, 9.17) is 5.73 Å². The van der Waals surface area contributed by atoms with Crippen LogP contribution < -0.4 is 11.1 Å². The molecule has 15 heavy (non-hydrogen) atoms. The minimum atomic E-state index is 0.119. The standard InChI is InChI=1S/C11H18N2OS/c1-9-7-15-8-10(9)6-13-11(14)4-2-3-5-12/h7-8H,2-6,12H2,1H3,(H,13,14). The lowest BCUT2D eigenvalue weighted by molar-refractivity contribution is -0.121. The molecule has 1 aromatic rings. The minimum absolute atomic E-state index is 0.119. The van der Waals surface area contributed by atoms with E-state index >= 15 is 0 Å². The Kier molecular flexibility index (Phi) is 5.36. The summed E-state index contributed by atoms with van der Waals surface area (Å²) in [5.41, 5.74) is 7.82. The van der Waals surface area contributed by atoms with Gasteiger partial charge in [0.2, 0.25) is 5.91 Å². The van der Waals surface area contributed by atoms with Gasteiger partial charge in [-0.3, -0.25) is 4.79 Å². The lowest BCUT2D eigenvalue weighted by atomic mass is 10.2. The highest BCUT2D eigenvalue weighted by molar-refractivity contribution is 7.08. The predicted molar refractivity (Wildman–Crippen MR) is 63.8 cm³/mol. The van der Waals surface area contributed by atoms with Crippen molar-refractivity contribution in [2.75, 3.05) is 6.54 Å². The van der Waals surface area contributed by atoms with Crippen molar-refractivity contribution in [1.29, 1.82) is 0 Å². The van der Waals surface area contributed by atoms with Gasteiger partial charge < -0.3 is 11.1 Å². The molecular weight excluding hydrogens is 208 g/mol. The highest BCUT2D eigenvalue weighted by Crippen LogP contribution is 2.12. The van der Waals surface area contributed by atoms with Crippen LogP contribution in [0.15, 0.2) is 10.8 Å². The first-order valence-corrected chi connectivity index (χ1v) is 6.16. The lowest BCUT2D eigenvalue weighted by Gasteiger charge is -2.04. The fourth-order valence-electron chi connectivity index (χ4n) is 1.28. The molecule has 1 amide bonds. The summed E-state index contributed by atoms with van der Waals surface area (Å²) in [5, 5.41) is 7.08. The van der Waals surface area contributed by atoms with Crippen LogP contribution in [0.25, 0.3) is 0 Å². The van der Waals surface area contributed by atoms with E-state index in [2.05, 4.69) is 23.0 Å². The number of rotatable bonds is 6. The number of carbonyl (C=O) groups excluding carboxylic acids is 1. The smallest absolute Gasteiger partial charge is 0.220 e. The second-order valence-corrected chi connectivity index (χ2v) is 4.35. The van der Waals surface area contributed by atoms with Crippen LogP contribution in [0.1, 0.15) is 30.4 Å². The molecule has 0 saturated carbocycles. The van der Waals surface area contributed by atoms with Crippen molar-refractivity contribution >= 4 is 17.2 Å². The van der Waals surface area contributed by atoms with E-state index in [1.165, 1.54) is 11.1 Å². The molecule has 0 atom stereocenters. The Bertz CT molecular complexity index is 309. The van der Waals surface area contributed by atoms with Crippen molar-refractivity contribution in [1.82, 2.24) is 5.32 Å². The van der Waals surface area contributed by atoms with E-state index in [-0.39, 0.29) is 5.91 Å². The summed E-state index contributed by atoms with van der Waals surface area (Å²) >= 11 is 1.67. The third-order valence-electron chi connectivity index (χ3n) is 2.30. The van der Waals surface area contributed by atoms with Gasteiger partial charge in [0.1, 0.15) is 0 Å². The van der Waals surface area contributed by atoms with Gasteiger partial charge in [-0.05, 0) is 48.2 Å². The van der Waals surface area contributed by atoms with Gasteiger partial charge in [0, 0.05) is 13.0 Å². The number of nitrogens with two attached hydrogens (primary N) is 1. The summed E-state index contributed by atoms with van der Waals surface area (Å²) in [4.78, 5) is 11.4. The molecule has 0 aliphatic rings. The molecule has 3 nitrogen and oxygen atoms in total. The Labute approximate surface area is 94.7 Å². The number of amides is 1. The van der Waals surface area contributed by atoms with Gasteiger partial charge in [0.05, 0.1) is 0 Å². The van der Waals surface area contributed by atoms with Gasteiger partial charge in [-0.25, -0.2) is 0 Å². The van der Waals surface area contributed by atoms with Crippen molar-refractivity contribution in [3.05, 3.63) is 21.9 Å². The fraction of sp³-hybridized carbons (Fsp3) is 0.545. The molecular formula is C11H18N2OS. The number of thiophene rings is 1. The second-order valence-electron chi connectivity index (χ2n) is 3.60. The first kappa shape index (κ1) is 12.2. The average Bonchev–Trinajstić information content (AvgIpc) is 2.61. The molecule has 0 aliphatic heterocycles. The first-order chi connectivity index (χ1) is 7.24. The fourth-order valence-corrected chi connectivity index (χ4v) is 2.14. The largest absolute Gasteiger partial charge is 0.352 e. The molecule has 0 unspecified atom stereocenters. The molecule has 0 spiro atoms. The molecule has 4 heteroatoms. The zero-order chi connectivity index (χ0) is 11.1. The number of nitrogens with one attached hydrogen (secondary N) is 1. The zero-order valence-electron chi connectivity index (χ0n) is 9.08. The average molecular weight is 226 g/mol. The SMILES string of the molecule is Cc1cscc1CNC(=O)CCCCN. The summed E-state index contributed by atoms with van der Waals surface area (Å²) in [7, 11) is 0. The quantitative estimate of drug-likeness (QED) is 0.727. The van der Waals surface area contributed by atoms with Crippen molar-refractivity contribution < 1.29 is 4.79 Å². The van der Waals surface area contributed by atoms with E-state index in [0.29, 0.717) is 19.5 Å². The lowest BCUT2D eigenvalue weighted by Crippen LogP contribution is -2.22. The van der Waals surface area contributed by atoms with E-state index in [0.717, 1.165) is 12.8 Å². The summed E-state index contributed by atoms with van der Waals surface area (Å²) < 4.78 is 0. The monoisotopic (exact) mass is 226 g/mol. The topological polar surface area (TPSA) is 55.1 Å². The van der Waals surface area contributed by atoms with E-state index in [9.17, 15) is 4.79 Å². The maximum Gasteiger partial charge on any atom is 0.220 e. The van der Waals surface area contributed by atoms with Crippen LogP contribution in [0.5, 0.6) is 0 Å². The summed E-state index contributed by atoms with van der Waals surface area (Å²) in [5.74, 6) is 0.119. The molecule has 0 fully saturated rings. The van der Waals surface area contributed by atoms with Gasteiger partial charge >= 0.3 is 0 Å². The van der Waals surface area contributed by atoms with Crippen LogP contribution in [0.2, 0.25) is 0 Å². The second kappa shape index (κ2) is 6.58. The van der Waals surface area contributed by atoms with Crippen molar-refractivity contribution in [3.8, 4) is 0 Å². The number of unbranched alkanes of at least 4 members (excludes halogenated alkanes) is 1. The molecule has 0 aromatic carbocycles. The molecule has 1 aromatic heterocycles. The molecule has 84 valence electrons. The van der Waals surface area contributed by atoms with Gasteiger partial charge in [-0.15, -0.1) is 0 Å². The Morgan fingerprint density at radius 2 is 2.27 bits per heavy atom. The molecule has 3 N–H and O–H groups in total. The highest BCUT2D eigenvalue weighted by Gasteiger charge is 2.03. The molecule has 0 radical (unpaired) electrons. The Balaban J connectivity index is 2.20. The number of aryl methyl sites for hydroxylation is 1. The Morgan fingerprint density at radius 3 is 2.87 bits per heavy atom. The Morgan fingerprint density at radius 1 is 1.47 bits per heavy atom. The van der Waals surface area contributed by atoms with Gasteiger partial charge in [0.25, 0.3) is 0 Å². The maximum absolute atomic E-state index is 11.4. The van der Waals surface area contributed by atoms with Crippen LogP contribution in [-0.2, 0) is 11.3 Å². The van der Waals surface area contributed by atoms with E-state index in [1.54, 1.807) is 11.3 Å². The summed E-state index contributed by atoms with van der Waals surface area (Å²) in [6.07, 6.45) is 2.39. The van der Waals surface area contributed by atoms with Crippen molar-refractivity contribution in [2.24, 2.45) is 5.73 Å². The van der Waals surface area contributed by atoms with Gasteiger partial charge in [-0.1, -0.05) is 0 Å². The molecule has 0 saturated heterocycles. The number of hydrogen-bond acceptors (Lipinski definition) is 3. The normalized spacial score (nSPS) is 10.3. The van der Waals surface area contributed by atoms with Crippen LogP contribution in [0.4, 0.5) is 0 Å². The molecule has 0 bridgehead atoms. The van der Waals surface area contributed by atoms with Crippen LogP contribution >= 0.6 is 11.3 Å². The van der Waals surface area contributed by atoms with Crippen LogP contribution in [0.3, 0.4) is 0 Å². The number of carbonyl (C=O) groups is 1. The Hall–Kier alpha value is -0.870. The van der Waals surface area contributed by atoms with E-state index in [1.807, 2.05) is 0 Å². The van der Waals surface area contributed by atoms with Crippen LogP contribution in [0, 0.1) is 6.92 Å². The summed E-state index contributed by atoms with van der Waals surface area (Å²) in [6.45, 7) is 3.38. The molecule has 0 aliphatic carbocycles. The van der Waals surface area contributed by atoms with Gasteiger partial charge in [0.15, 0.2) is 0 Å². The molecule has 1 heterocycles. The molecule has 1 rings (SSSR count).